The predicted molar refractivity (Wildman–Crippen MR) is 265 cm³/mol. The number of carboxylic acid groups (broad SMARTS) is 1. The summed E-state index contributed by atoms with van der Waals surface area (Å²) in [4.78, 5) is 106. The van der Waals surface area contributed by atoms with E-state index >= 15 is 0 Å². The number of ketones is 1. The number of aliphatic carboxylic acids is 1. The van der Waals surface area contributed by atoms with Gasteiger partial charge in [-0.25, -0.2) is 4.98 Å². The molecule has 0 radical (unpaired) electrons. The summed E-state index contributed by atoms with van der Waals surface area (Å²) in [5, 5.41) is 26.5. The molecule has 0 bridgehead atoms. The molecule has 5 amide bonds. The number of aromatic nitrogens is 3. The van der Waals surface area contributed by atoms with E-state index in [0.29, 0.717) is 30.6 Å². The fourth-order valence-electron chi connectivity index (χ4n) is 8.29. The zero-order valence-corrected chi connectivity index (χ0v) is 39.3. The average molecular weight is 955 g/mol. The van der Waals surface area contributed by atoms with E-state index < -0.39 is 83.5 Å². The molecule has 0 saturated carbocycles. The Kier molecular flexibility index (Phi) is 18.5. The number of nitrogens with one attached hydrogen (secondary N) is 7. The van der Waals surface area contributed by atoms with Crippen LogP contribution in [0.4, 0.5) is 0 Å². The van der Waals surface area contributed by atoms with Gasteiger partial charge >= 0.3 is 5.97 Å². The summed E-state index contributed by atoms with van der Waals surface area (Å²) in [7, 11) is 0. The van der Waals surface area contributed by atoms with Crippen LogP contribution < -0.4 is 38.1 Å². The summed E-state index contributed by atoms with van der Waals surface area (Å²) in [6.45, 7) is 3.34. The molecule has 12 N–H and O–H groups in total. The highest BCUT2D eigenvalue weighted by Gasteiger charge is 2.33. The summed E-state index contributed by atoms with van der Waals surface area (Å²) >= 11 is 0. The lowest BCUT2D eigenvalue weighted by Gasteiger charge is -2.26. The number of carbonyl (C=O) groups excluding carboxylic acids is 6. The third-order valence-corrected chi connectivity index (χ3v) is 12.2. The Morgan fingerprint density at radius 3 is 2.13 bits per heavy atom. The maximum Gasteiger partial charge on any atom is 0.306 e. The van der Waals surface area contributed by atoms with Crippen molar-refractivity contribution in [2.45, 2.75) is 101 Å². The fourth-order valence-corrected chi connectivity index (χ4v) is 8.29. The summed E-state index contributed by atoms with van der Waals surface area (Å²) in [5.41, 5.74) is 14.8. The van der Waals surface area contributed by atoms with Gasteiger partial charge in [-0.1, -0.05) is 91.3 Å². The van der Waals surface area contributed by atoms with Crippen LogP contribution in [-0.2, 0) is 52.8 Å². The van der Waals surface area contributed by atoms with Gasteiger partial charge in [0, 0.05) is 54.3 Å². The number of nitrogens with zero attached hydrogens (tertiary/aromatic N) is 1. The van der Waals surface area contributed by atoms with Crippen molar-refractivity contribution in [1.82, 2.24) is 41.5 Å². The van der Waals surface area contributed by atoms with Crippen LogP contribution in [0.1, 0.15) is 74.4 Å². The monoisotopic (exact) mass is 954 g/mol. The van der Waals surface area contributed by atoms with Crippen molar-refractivity contribution in [3.63, 3.8) is 0 Å². The number of Topliss-reactive ketones (excluding diaryl/α,β-unsaturated/α-hetero) is 1. The van der Waals surface area contributed by atoms with Crippen LogP contribution in [0, 0.1) is 5.92 Å². The highest BCUT2D eigenvalue weighted by atomic mass is 16.4. The van der Waals surface area contributed by atoms with Gasteiger partial charge in [-0.15, -0.1) is 0 Å². The van der Waals surface area contributed by atoms with Crippen molar-refractivity contribution in [2.75, 3.05) is 6.54 Å². The number of aromatic amines is 2. The number of imidazole rings is 1. The zero-order valence-electron chi connectivity index (χ0n) is 39.3. The maximum atomic E-state index is 14.4. The van der Waals surface area contributed by atoms with E-state index in [-0.39, 0.29) is 38.5 Å². The molecule has 6 aromatic rings. The van der Waals surface area contributed by atoms with Gasteiger partial charge in [0.2, 0.25) is 29.5 Å². The minimum absolute atomic E-state index is 0.000190. The van der Waals surface area contributed by atoms with Crippen LogP contribution in [0.15, 0.2) is 116 Å². The number of hydrogen-bond donors (Lipinski definition) is 10. The fraction of sp³-hybridized carbons (Fsp3) is 0.346. The van der Waals surface area contributed by atoms with Crippen LogP contribution >= 0.6 is 0 Å². The van der Waals surface area contributed by atoms with Gasteiger partial charge in [0.25, 0.3) is 0 Å². The number of nitrogens with two attached hydrogens (primary N) is 2. The van der Waals surface area contributed by atoms with Crippen LogP contribution in [0.3, 0.4) is 0 Å². The molecule has 18 nitrogen and oxygen atoms in total. The van der Waals surface area contributed by atoms with E-state index in [9.17, 15) is 38.7 Å². The molecule has 2 heterocycles. The topological polar surface area (TPSA) is 296 Å². The number of hydrogen-bond acceptors (Lipinski definition) is 10. The largest absolute Gasteiger partial charge is 0.481 e. The van der Waals surface area contributed by atoms with Gasteiger partial charge in [-0.3, -0.25) is 33.6 Å². The first-order valence-corrected chi connectivity index (χ1v) is 23.5. The van der Waals surface area contributed by atoms with Crippen molar-refractivity contribution in [2.24, 2.45) is 17.4 Å². The zero-order chi connectivity index (χ0) is 50.2. The van der Waals surface area contributed by atoms with E-state index in [0.717, 1.165) is 32.8 Å². The lowest BCUT2D eigenvalue weighted by Crippen LogP contribution is -2.55. The highest BCUT2D eigenvalue weighted by Crippen LogP contribution is 2.23. The SMILES string of the molecule is CC(N)C(=O)NC(Cc1cnc[nH]1)C(=O)NC(C(=O)NC(C)C(=O)N[C@H](CC(=O)NC(Cc1ccccc1)C(=O)C[C@@H](CCCCN)C(=O)O)Cc1c[nH]c2ccccc12)c1ccc2ccccc2c1. The van der Waals surface area contributed by atoms with Crippen LogP contribution in [0.5, 0.6) is 0 Å². The van der Waals surface area contributed by atoms with Crippen molar-refractivity contribution < 1.29 is 38.7 Å². The summed E-state index contributed by atoms with van der Waals surface area (Å²) in [6, 6.07) is 22.7. The molecular weight excluding hydrogens is 893 g/mol. The normalized spacial score (nSPS) is 14.3. The molecule has 18 heteroatoms. The van der Waals surface area contributed by atoms with Crippen molar-refractivity contribution >= 4 is 63.0 Å². The molecule has 7 atom stereocenters. The molecule has 0 aliphatic rings. The Hall–Kier alpha value is -7.70. The first-order chi connectivity index (χ1) is 33.7. The van der Waals surface area contributed by atoms with Gasteiger partial charge in [0.05, 0.1) is 24.3 Å². The van der Waals surface area contributed by atoms with E-state index in [2.05, 4.69) is 41.5 Å². The Balaban J connectivity index is 1.23. The Bertz CT molecular complexity index is 2740. The predicted octanol–water partition coefficient (Wildman–Crippen LogP) is 3.42. The van der Waals surface area contributed by atoms with E-state index in [1.807, 2.05) is 66.7 Å². The number of H-pyrrole nitrogens is 2. The number of unbranched alkanes of at least 4 members (excludes halogenated alkanes) is 1. The second kappa shape index (κ2) is 25.1. The van der Waals surface area contributed by atoms with Crippen molar-refractivity contribution in [3.8, 4) is 0 Å². The Morgan fingerprint density at radius 1 is 0.686 bits per heavy atom. The number of amides is 5. The summed E-state index contributed by atoms with van der Waals surface area (Å²) in [5.74, 6) is -5.74. The van der Waals surface area contributed by atoms with Crippen molar-refractivity contribution in [1.29, 1.82) is 0 Å². The molecule has 2 aromatic heterocycles. The maximum absolute atomic E-state index is 14.4. The third kappa shape index (κ3) is 14.7. The van der Waals surface area contributed by atoms with E-state index in [1.165, 1.54) is 26.4 Å². The first-order valence-electron chi connectivity index (χ1n) is 23.5. The molecule has 70 heavy (non-hydrogen) atoms. The molecule has 4 aromatic carbocycles. The number of carbonyl (C=O) groups is 7. The molecule has 5 unspecified atom stereocenters. The molecule has 368 valence electrons. The minimum Gasteiger partial charge on any atom is -0.481 e. The first kappa shape index (κ1) is 51.7. The molecule has 0 spiro atoms. The lowest BCUT2D eigenvalue weighted by atomic mass is 9.91. The van der Waals surface area contributed by atoms with Gasteiger partial charge in [-0.05, 0) is 85.7 Å². The standard InChI is InChI=1S/C52H62N10O8/c1-31(54)48(65)61-44(26-40-29-55-30-57-40)50(67)62-47(36-20-19-34-14-6-7-15-35(34)23-36)51(68)58-32(2)49(66)59-39(24-38-28-56-42-18-9-8-17-41(38)42)27-46(64)60-43(22-33-12-4-3-5-13-33)45(63)25-37(52(69)70)16-10-11-21-53/h3-9,12-15,17-20,23,28-32,37,39,43-44,47,56H,10-11,16,21-22,24-27,53-54H2,1-2H3,(H,55,57)(H,58,68)(H,59,66)(H,60,64)(H,61,65)(H,62,67)(H,69,70)/t31?,32?,37-,39+,43?,44?,47?/m1/s1. The molecule has 0 saturated heterocycles. The van der Waals surface area contributed by atoms with E-state index in [4.69, 9.17) is 11.5 Å². The molecular formula is C52H62N10O8. The molecule has 0 aliphatic heterocycles. The van der Waals surface area contributed by atoms with Crippen LogP contribution in [0.2, 0.25) is 0 Å². The highest BCUT2D eigenvalue weighted by molar-refractivity contribution is 5.97. The Morgan fingerprint density at radius 2 is 1.41 bits per heavy atom. The van der Waals surface area contributed by atoms with Gasteiger partial charge in [-0.2, -0.15) is 0 Å². The smallest absolute Gasteiger partial charge is 0.306 e. The second-order valence-electron chi connectivity index (χ2n) is 17.7. The number of carboxylic acids is 1. The molecule has 6 rings (SSSR count). The number of benzene rings is 4. The molecule has 0 aliphatic carbocycles. The molecule has 0 fully saturated rings. The quantitative estimate of drug-likeness (QED) is 0.0352. The number of fused-ring (bicyclic) bond motifs is 2. The number of para-hydroxylation sites is 1. The lowest BCUT2D eigenvalue weighted by molar-refractivity contribution is -0.144. The van der Waals surface area contributed by atoms with Crippen LogP contribution in [0.25, 0.3) is 21.7 Å². The third-order valence-electron chi connectivity index (χ3n) is 12.2. The summed E-state index contributed by atoms with van der Waals surface area (Å²) in [6.07, 6.45) is 5.83. The average Bonchev–Trinajstić information content (AvgIpc) is 4.02. The van der Waals surface area contributed by atoms with Gasteiger partial charge < -0.3 is 53.1 Å². The summed E-state index contributed by atoms with van der Waals surface area (Å²) < 4.78 is 0. The minimum atomic E-state index is -1.35. The number of rotatable bonds is 26. The van der Waals surface area contributed by atoms with Crippen LogP contribution in [-0.4, -0.2) is 98.1 Å². The van der Waals surface area contributed by atoms with Crippen molar-refractivity contribution in [3.05, 3.63) is 138 Å². The van der Waals surface area contributed by atoms with Gasteiger partial charge in [0.15, 0.2) is 5.78 Å². The van der Waals surface area contributed by atoms with Gasteiger partial charge in [0.1, 0.15) is 18.1 Å². The Labute approximate surface area is 405 Å². The van der Waals surface area contributed by atoms with E-state index in [1.54, 1.807) is 36.5 Å². The second-order valence-corrected chi connectivity index (χ2v) is 17.7.